The molecule has 0 aliphatic heterocycles. The number of benzene rings is 2. The summed E-state index contributed by atoms with van der Waals surface area (Å²) in [7, 11) is 2.97. The van der Waals surface area contributed by atoms with Gasteiger partial charge in [-0.3, -0.25) is 4.79 Å². The van der Waals surface area contributed by atoms with Gasteiger partial charge in [0, 0.05) is 6.07 Å². The fourth-order valence-electron chi connectivity index (χ4n) is 2.67. The molecule has 0 aliphatic rings. The number of nitrogens with one attached hydrogen (secondary N) is 1. The summed E-state index contributed by atoms with van der Waals surface area (Å²) in [5.74, 6) is -0.0600. The molecule has 32 heavy (non-hydrogen) atoms. The molecule has 1 atom stereocenters. The van der Waals surface area contributed by atoms with Crippen LogP contribution in [0.5, 0.6) is 17.2 Å². The van der Waals surface area contributed by atoms with Crippen LogP contribution in [-0.4, -0.2) is 32.2 Å². The third kappa shape index (κ3) is 5.78. The van der Waals surface area contributed by atoms with Crippen molar-refractivity contribution in [3.05, 3.63) is 71.9 Å². The third-order valence-corrected chi connectivity index (χ3v) is 4.38. The molecule has 1 aromatic heterocycles. The van der Waals surface area contributed by atoms with Crippen LogP contribution in [0.3, 0.4) is 0 Å². The minimum Gasteiger partial charge on any atom is -0.497 e. The molecule has 1 amide bonds. The van der Waals surface area contributed by atoms with Crippen molar-refractivity contribution in [2.75, 3.05) is 19.5 Å². The zero-order chi connectivity index (χ0) is 23.1. The van der Waals surface area contributed by atoms with Crippen LogP contribution in [-0.2, 0) is 16.1 Å². The molecule has 0 aliphatic carbocycles. The number of halogens is 1. The van der Waals surface area contributed by atoms with Gasteiger partial charge in [0.05, 0.1) is 19.9 Å². The number of rotatable bonds is 9. The maximum absolute atomic E-state index is 12.9. The fraction of sp³-hybridized carbons (Fsp3) is 0.217. The van der Waals surface area contributed by atoms with Gasteiger partial charge in [-0.25, -0.2) is 9.18 Å². The molecule has 0 saturated heterocycles. The number of esters is 1. The highest BCUT2D eigenvalue weighted by atomic mass is 19.1. The van der Waals surface area contributed by atoms with Gasteiger partial charge < -0.3 is 28.7 Å². The van der Waals surface area contributed by atoms with E-state index in [1.165, 1.54) is 51.5 Å². The van der Waals surface area contributed by atoms with Gasteiger partial charge in [-0.2, -0.15) is 0 Å². The number of carbonyl (C=O) groups excluding carboxylic acids is 2. The second-order valence-electron chi connectivity index (χ2n) is 6.61. The van der Waals surface area contributed by atoms with Gasteiger partial charge in [-0.05, 0) is 55.5 Å². The summed E-state index contributed by atoms with van der Waals surface area (Å²) in [6.07, 6.45) is -1.11. The quantitative estimate of drug-likeness (QED) is 0.495. The highest BCUT2D eigenvalue weighted by Gasteiger charge is 2.22. The van der Waals surface area contributed by atoms with Crippen molar-refractivity contribution < 1.29 is 37.3 Å². The van der Waals surface area contributed by atoms with Crippen molar-refractivity contribution in [2.45, 2.75) is 19.6 Å². The van der Waals surface area contributed by atoms with E-state index in [9.17, 15) is 14.0 Å². The first kappa shape index (κ1) is 22.7. The van der Waals surface area contributed by atoms with Gasteiger partial charge in [0.15, 0.2) is 6.10 Å². The van der Waals surface area contributed by atoms with E-state index >= 15 is 0 Å². The molecule has 3 rings (SSSR count). The standard InChI is InChI=1S/C23H22FNO7/c1-14(22(26)25-19-12-17(28-2)8-10-20(19)29-3)31-23(27)21-11-9-18(32-21)13-30-16-6-4-15(24)5-7-16/h4-12,14H,13H2,1-3H3,(H,25,26). The van der Waals surface area contributed by atoms with Crippen LogP contribution < -0.4 is 19.5 Å². The van der Waals surface area contributed by atoms with Crippen molar-refractivity contribution in [1.29, 1.82) is 0 Å². The van der Waals surface area contributed by atoms with Crippen molar-refractivity contribution in [3.63, 3.8) is 0 Å². The maximum atomic E-state index is 12.9. The van der Waals surface area contributed by atoms with Gasteiger partial charge in [-0.1, -0.05) is 0 Å². The van der Waals surface area contributed by atoms with Crippen LogP contribution >= 0.6 is 0 Å². The molecule has 2 aromatic carbocycles. The lowest BCUT2D eigenvalue weighted by Gasteiger charge is -2.15. The van der Waals surface area contributed by atoms with Crippen LogP contribution in [0.1, 0.15) is 23.2 Å². The molecule has 3 aromatic rings. The van der Waals surface area contributed by atoms with E-state index in [0.717, 1.165) is 0 Å². The number of ether oxygens (including phenoxy) is 4. The first-order valence-electron chi connectivity index (χ1n) is 9.60. The maximum Gasteiger partial charge on any atom is 0.375 e. The van der Waals surface area contributed by atoms with Crippen molar-refractivity contribution >= 4 is 17.6 Å². The first-order valence-corrected chi connectivity index (χ1v) is 9.60. The van der Waals surface area contributed by atoms with E-state index < -0.39 is 18.0 Å². The molecule has 1 heterocycles. The summed E-state index contributed by atoms with van der Waals surface area (Å²) >= 11 is 0. The van der Waals surface area contributed by atoms with Gasteiger partial charge in [0.2, 0.25) is 5.76 Å². The summed E-state index contributed by atoms with van der Waals surface area (Å²) in [6, 6.07) is 13.4. The molecule has 0 saturated carbocycles. The Hall–Kier alpha value is -4.01. The van der Waals surface area contributed by atoms with Gasteiger partial charge in [0.1, 0.15) is 35.4 Å². The molecular formula is C23H22FNO7. The predicted octanol–water partition coefficient (Wildman–Crippen LogP) is 4.20. The van der Waals surface area contributed by atoms with E-state index in [-0.39, 0.29) is 18.2 Å². The summed E-state index contributed by atoms with van der Waals surface area (Å²) in [6.45, 7) is 1.46. The summed E-state index contributed by atoms with van der Waals surface area (Å²) in [5.41, 5.74) is 0.373. The number of amides is 1. The third-order valence-electron chi connectivity index (χ3n) is 4.38. The number of furan rings is 1. The summed E-state index contributed by atoms with van der Waals surface area (Å²) in [5, 5.41) is 2.64. The minimum absolute atomic E-state index is 0.0323. The molecule has 0 fully saturated rings. The van der Waals surface area contributed by atoms with Gasteiger partial charge in [-0.15, -0.1) is 0 Å². The molecule has 1 unspecified atom stereocenters. The smallest absolute Gasteiger partial charge is 0.375 e. The van der Waals surface area contributed by atoms with Crippen molar-refractivity contribution in [3.8, 4) is 17.2 Å². The Balaban J connectivity index is 1.56. The summed E-state index contributed by atoms with van der Waals surface area (Å²) in [4.78, 5) is 24.8. The molecule has 0 bridgehead atoms. The molecular weight excluding hydrogens is 421 g/mol. The number of carbonyl (C=O) groups is 2. The zero-order valence-corrected chi connectivity index (χ0v) is 17.7. The van der Waals surface area contributed by atoms with E-state index in [2.05, 4.69) is 5.32 Å². The Kier molecular flexibility index (Phi) is 7.33. The summed E-state index contributed by atoms with van der Waals surface area (Å²) < 4.78 is 39.4. The second-order valence-corrected chi connectivity index (χ2v) is 6.61. The highest BCUT2D eigenvalue weighted by Crippen LogP contribution is 2.29. The van der Waals surface area contributed by atoms with E-state index in [1.807, 2.05) is 0 Å². The van der Waals surface area contributed by atoms with Gasteiger partial charge >= 0.3 is 5.97 Å². The molecule has 9 heteroatoms. The molecule has 0 spiro atoms. The SMILES string of the molecule is COc1ccc(OC)c(NC(=O)C(C)OC(=O)c2ccc(COc3ccc(F)cc3)o2)c1. The molecule has 8 nitrogen and oxygen atoms in total. The lowest BCUT2D eigenvalue weighted by atomic mass is 10.2. The predicted molar refractivity (Wildman–Crippen MR) is 112 cm³/mol. The Morgan fingerprint density at radius 1 is 1.00 bits per heavy atom. The lowest BCUT2D eigenvalue weighted by Crippen LogP contribution is -2.30. The number of methoxy groups -OCH3 is 2. The number of hydrogen-bond donors (Lipinski definition) is 1. The van der Waals surface area contributed by atoms with E-state index in [0.29, 0.717) is 28.7 Å². The normalized spacial score (nSPS) is 11.4. The largest absolute Gasteiger partial charge is 0.497 e. The van der Waals surface area contributed by atoms with Gasteiger partial charge in [0.25, 0.3) is 5.91 Å². The highest BCUT2D eigenvalue weighted by molar-refractivity contribution is 5.97. The first-order chi connectivity index (χ1) is 15.4. The Bertz CT molecular complexity index is 1080. The fourth-order valence-corrected chi connectivity index (χ4v) is 2.67. The second kappa shape index (κ2) is 10.3. The van der Waals surface area contributed by atoms with Crippen LogP contribution in [0.25, 0.3) is 0 Å². The Morgan fingerprint density at radius 2 is 1.72 bits per heavy atom. The van der Waals surface area contributed by atoms with E-state index in [4.69, 9.17) is 23.4 Å². The Morgan fingerprint density at radius 3 is 2.41 bits per heavy atom. The Labute approximate surface area is 183 Å². The van der Waals surface area contributed by atoms with Crippen LogP contribution in [0.4, 0.5) is 10.1 Å². The van der Waals surface area contributed by atoms with Crippen LogP contribution in [0, 0.1) is 5.82 Å². The number of hydrogen-bond acceptors (Lipinski definition) is 7. The molecule has 168 valence electrons. The average molecular weight is 443 g/mol. The van der Waals surface area contributed by atoms with Crippen molar-refractivity contribution in [1.82, 2.24) is 0 Å². The topological polar surface area (TPSA) is 96.2 Å². The zero-order valence-electron chi connectivity index (χ0n) is 17.7. The minimum atomic E-state index is -1.11. The average Bonchev–Trinajstić information content (AvgIpc) is 3.28. The molecule has 1 N–H and O–H groups in total. The lowest BCUT2D eigenvalue weighted by molar-refractivity contribution is -0.123. The van der Waals surface area contributed by atoms with Crippen LogP contribution in [0.15, 0.2) is 59.0 Å². The molecule has 0 radical (unpaired) electrons. The van der Waals surface area contributed by atoms with Crippen LogP contribution in [0.2, 0.25) is 0 Å². The monoisotopic (exact) mass is 443 g/mol. The van der Waals surface area contributed by atoms with Crippen molar-refractivity contribution in [2.24, 2.45) is 0 Å². The van der Waals surface area contributed by atoms with E-state index in [1.54, 1.807) is 24.3 Å². The number of anilines is 1.